The Hall–Kier alpha value is -1.93. The van der Waals surface area contributed by atoms with Gasteiger partial charge < -0.3 is 26.3 Å². The van der Waals surface area contributed by atoms with Crippen LogP contribution in [0.25, 0.3) is 0 Å². The molecule has 8 nitrogen and oxygen atoms in total. The number of H-pyrrole nitrogens is 1. The molecule has 1 aromatic heterocycles. The molecular weight excluding hydrogens is 252 g/mol. The molecule has 6 N–H and O–H groups in total. The number of amides is 1. The van der Waals surface area contributed by atoms with Gasteiger partial charge in [-0.1, -0.05) is 13.3 Å². The standard InChI is InChI=1S/C11H18N4O4/c1-2-3-4-19-5-6(12)10-14-7(9(13)17)8(16)11(18)15-10/h6,16H,2-5,12H2,1H3,(H2,13,17)(H,14,15,18). The first-order valence-corrected chi connectivity index (χ1v) is 5.93. The Bertz CT molecular complexity index is 500. The summed E-state index contributed by atoms with van der Waals surface area (Å²) in [4.78, 5) is 28.4. The lowest BCUT2D eigenvalue weighted by Gasteiger charge is -2.12. The highest BCUT2D eigenvalue weighted by Crippen LogP contribution is 2.10. The molecule has 19 heavy (non-hydrogen) atoms. The van der Waals surface area contributed by atoms with Crippen molar-refractivity contribution in [3.8, 4) is 5.75 Å². The minimum atomic E-state index is -0.996. The van der Waals surface area contributed by atoms with Crippen LogP contribution >= 0.6 is 0 Å². The zero-order valence-electron chi connectivity index (χ0n) is 10.7. The molecule has 0 aliphatic carbocycles. The molecule has 0 aliphatic rings. The van der Waals surface area contributed by atoms with E-state index in [1.165, 1.54) is 0 Å². The predicted molar refractivity (Wildman–Crippen MR) is 67.7 cm³/mol. The Morgan fingerprint density at radius 3 is 2.84 bits per heavy atom. The molecule has 0 radical (unpaired) electrons. The van der Waals surface area contributed by atoms with Crippen molar-refractivity contribution >= 4 is 5.91 Å². The third-order valence-corrected chi connectivity index (χ3v) is 2.44. The van der Waals surface area contributed by atoms with E-state index in [-0.39, 0.29) is 12.4 Å². The minimum absolute atomic E-state index is 0.0492. The van der Waals surface area contributed by atoms with Crippen molar-refractivity contribution in [1.29, 1.82) is 0 Å². The Morgan fingerprint density at radius 2 is 2.26 bits per heavy atom. The van der Waals surface area contributed by atoms with Crippen molar-refractivity contribution in [3.63, 3.8) is 0 Å². The molecule has 0 aromatic carbocycles. The van der Waals surface area contributed by atoms with E-state index in [0.717, 1.165) is 12.8 Å². The van der Waals surface area contributed by atoms with Crippen molar-refractivity contribution in [2.45, 2.75) is 25.8 Å². The number of rotatable bonds is 7. The number of nitrogens with one attached hydrogen (secondary N) is 1. The van der Waals surface area contributed by atoms with Crippen LogP contribution in [-0.2, 0) is 4.74 Å². The van der Waals surface area contributed by atoms with E-state index in [1.807, 2.05) is 6.92 Å². The highest BCUT2D eigenvalue weighted by atomic mass is 16.5. The van der Waals surface area contributed by atoms with E-state index in [1.54, 1.807) is 0 Å². The maximum Gasteiger partial charge on any atom is 0.293 e. The van der Waals surface area contributed by atoms with Gasteiger partial charge >= 0.3 is 0 Å². The summed E-state index contributed by atoms with van der Waals surface area (Å²) in [6.45, 7) is 2.72. The second-order valence-corrected chi connectivity index (χ2v) is 4.05. The van der Waals surface area contributed by atoms with Gasteiger partial charge in [-0.2, -0.15) is 0 Å². The largest absolute Gasteiger partial charge is 0.501 e. The van der Waals surface area contributed by atoms with E-state index in [2.05, 4.69) is 9.97 Å². The summed E-state index contributed by atoms with van der Waals surface area (Å²) >= 11 is 0. The third-order valence-electron chi connectivity index (χ3n) is 2.44. The lowest BCUT2D eigenvalue weighted by atomic mass is 10.2. The maximum atomic E-state index is 11.4. The van der Waals surface area contributed by atoms with Gasteiger partial charge in [0.25, 0.3) is 11.5 Å². The van der Waals surface area contributed by atoms with Crippen LogP contribution in [0.3, 0.4) is 0 Å². The number of nitrogens with two attached hydrogens (primary N) is 2. The number of primary amides is 1. The molecule has 0 fully saturated rings. The van der Waals surface area contributed by atoms with Crippen LogP contribution in [0.4, 0.5) is 0 Å². The van der Waals surface area contributed by atoms with Crippen molar-refractivity contribution < 1.29 is 14.6 Å². The van der Waals surface area contributed by atoms with Crippen LogP contribution in [0.1, 0.15) is 42.1 Å². The number of hydrogen-bond acceptors (Lipinski definition) is 6. The monoisotopic (exact) mass is 270 g/mol. The minimum Gasteiger partial charge on any atom is -0.501 e. The molecule has 1 amide bonds. The van der Waals surface area contributed by atoms with Crippen LogP contribution in [0.15, 0.2) is 4.79 Å². The van der Waals surface area contributed by atoms with Crippen LogP contribution < -0.4 is 17.0 Å². The maximum absolute atomic E-state index is 11.4. The van der Waals surface area contributed by atoms with Gasteiger partial charge in [-0.3, -0.25) is 9.59 Å². The number of aromatic hydroxyl groups is 1. The highest BCUT2D eigenvalue weighted by Gasteiger charge is 2.18. The fourth-order valence-electron chi connectivity index (χ4n) is 1.37. The van der Waals surface area contributed by atoms with Gasteiger partial charge in [-0.25, -0.2) is 4.98 Å². The SMILES string of the molecule is CCCCOCC(N)c1nc(C(N)=O)c(O)c(=O)[nH]1. The number of unbranched alkanes of at least 4 members (excludes halogenated alkanes) is 1. The molecule has 1 heterocycles. The molecule has 1 unspecified atom stereocenters. The Morgan fingerprint density at radius 1 is 1.58 bits per heavy atom. The van der Waals surface area contributed by atoms with Gasteiger partial charge in [-0.05, 0) is 6.42 Å². The van der Waals surface area contributed by atoms with Gasteiger partial charge in [0.15, 0.2) is 5.69 Å². The fraction of sp³-hybridized carbons (Fsp3) is 0.545. The van der Waals surface area contributed by atoms with E-state index in [0.29, 0.717) is 6.61 Å². The summed E-state index contributed by atoms with van der Waals surface area (Å²) in [5.41, 5.74) is 9.42. The molecule has 0 aliphatic heterocycles. The molecule has 1 rings (SSSR count). The zero-order valence-corrected chi connectivity index (χ0v) is 10.7. The second-order valence-electron chi connectivity index (χ2n) is 4.05. The second kappa shape index (κ2) is 6.86. The molecular formula is C11H18N4O4. The first-order valence-electron chi connectivity index (χ1n) is 5.93. The highest BCUT2D eigenvalue weighted by molar-refractivity contribution is 5.93. The first-order chi connectivity index (χ1) is 8.97. The average molecular weight is 270 g/mol. The normalized spacial score (nSPS) is 12.3. The summed E-state index contributed by atoms with van der Waals surface area (Å²) in [5.74, 6) is -1.76. The Kier molecular flexibility index (Phi) is 5.46. The van der Waals surface area contributed by atoms with E-state index < -0.39 is 29.0 Å². The van der Waals surface area contributed by atoms with Gasteiger partial charge in [0.1, 0.15) is 5.82 Å². The number of aromatic amines is 1. The smallest absolute Gasteiger partial charge is 0.293 e. The quantitative estimate of drug-likeness (QED) is 0.486. The van der Waals surface area contributed by atoms with Crippen molar-refractivity contribution in [1.82, 2.24) is 9.97 Å². The third kappa shape index (κ3) is 4.04. The van der Waals surface area contributed by atoms with Crippen molar-refractivity contribution in [2.24, 2.45) is 11.5 Å². The van der Waals surface area contributed by atoms with Gasteiger partial charge in [0.05, 0.1) is 12.6 Å². The van der Waals surface area contributed by atoms with Crippen LogP contribution in [0.2, 0.25) is 0 Å². The summed E-state index contributed by atoms with van der Waals surface area (Å²) in [6.07, 6.45) is 1.90. The number of ether oxygens (including phenoxy) is 1. The summed E-state index contributed by atoms with van der Waals surface area (Å²) < 4.78 is 5.29. The van der Waals surface area contributed by atoms with Crippen LogP contribution in [0.5, 0.6) is 5.75 Å². The number of nitrogens with zero attached hydrogens (tertiary/aromatic N) is 1. The molecule has 0 spiro atoms. The van der Waals surface area contributed by atoms with Gasteiger partial charge in [-0.15, -0.1) is 0 Å². The number of carbonyl (C=O) groups excluding carboxylic acids is 1. The van der Waals surface area contributed by atoms with E-state index in [4.69, 9.17) is 16.2 Å². The van der Waals surface area contributed by atoms with Gasteiger partial charge in [0, 0.05) is 6.61 Å². The van der Waals surface area contributed by atoms with Crippen LogP contribution in [0, 0.1) is 0 Å². The molecule has 0 bridgehead atoms. The van der Waals surface area contributed by atoms with Crippen molar-refractivity contribution in [2.75, 3.05) is 13.2 Å². The van der Waals surface area contributed by atoms with E-state index >= 15 is 0 Å². The number of hydrogen-bond donors (Lipinski definition) is 4. The number of carbonyl (C=O) groups is 1. The lowest BCUT2D eigenvalue weighted by Crippen LogP contribution is -2.27. The summed E-state index contributed by atoms with van der Waals surface area (Å²) in [6, 6.07) is -0.705. The average Bonchev–Trinajstić information content (AvgIpc) is 2.37. The van der Waals surface area contributed by atoms with Crippen molar-refractivity contribution in [3.05, 3.63) is 21.9 Å². The molecule has 106 valence electrons. The predicted octanol–water partition coefficient (Wildman–Crippen LogP) is -0.609. The van der Waals surface area contributed by atoms with E-state index in [9.17, 15) is 14.7 Å². The Labute approximate surface area is 109 Å². The molecule has 0 saturated heterocycles. The van der Waals surface area contributed by atoms with Gasteiger partial charge in [0.2, 0.25) is 5.75 Å². The molecule has 1 atom stereocenters. The molecule has 1 aromatic rings. The Balaban J connectivity index is 2.83. The lowest BCUT2D eigenvalue weighted by molar-refractivity contribution is 0.0989. The summed E-state index contributed by atoms with van der Waals surface area (Å²) in [5, 5.41) is 9.34. The fourth-order valence-corrected chi connectivity index (χ4v) is 1.37. The zero-order chi connectivity index (χ0) is 14.4. The first kappa shape index (κ1) is 15.1. The molecule has 8 heteroatoms. The topological polar surface area (TPSA) is 144 Å². The number of aromatic nitrogens is 2. The molecule has 0 saturated carbocycles. The van der Waals surface area contributed by atoms with Crippen LogP contribution in [-0.4, -0.2) is 34.2 Å². The summed E-state index contributed by atoms with van der Waals surface area (Å²) in [7, 11) is 0.